The summed E-state index contributed by atoms with van der Waals surface area (Å²) in [6, 6.07) is 3.90. The van der Waals surface area contributed by atoms with Crippen molar-refractivity contribution in [2.24, 2.45) is 5.92 Å². The molecule has 0 bridgehead atoms. The number of carbonyl (C=O) groups is 3. The van der Waals surface area contributed by atoms with Crippen LogP contribution in [0.1, 0.15) is 30.6 Å². The summed E-state index contributed by atoms with van der Waals surface area (Å²) < 4.78 is 4.80. The number of amides is 3. The quantitative estimate of drug-likeness (QED) is 0.763. The molecule has 3 amide bonds. The number of halogens is 2. The SMILES string of the molecule is CC(C)CCNC(=O)NC(=O)COC(=O)c1c(Cl)cccc1Cl. The second-order valence-corrected chi connectivity index (χ2v) is 5.97. The number of nitrogens with one attached hydrogen (secondary N) is 2. The van der Waals surface area contributed by atoms with Crippen LogP contribution in [-0.2, 0) is 9.53 Å². The van der Waals surface area contributed by atoms with Crippen LogP contribution in [0.3, 0.4) is 0 Å². The lowest BCUT2D eigenvalue weighted by Crippen LogP contribution is -2.42. The number of carbonyl (C=O) groups excluding carboxylic acids is 3. The lowest BCUT2D eigenvalue weighted by molar-refractivity contribution is -0.123. The lowest BCUT2D eigenvalue weighted by Gasteiger charge is -2.09. The Hall–Kier alpha value is -1.79. The normalized spacial score (nSPS) is 10.3. The van der Waals surface area contributed by atoms with Gasteiger partial charge in [-0.15, -0.1) is 0 Å². The van der Waals surface area contributed by atoms with Crippen LogP contribution in [-0.4, -0.2) is 31.1 Å². The van der Waals surface area contributed by atoms with Crippen molar-refractivity contribution in [2.75, 3.05) is 13.2 Å². The standard InChI is InChI=1S/C15H18Cl2N2O4/c1-9(2)6-7-18-15(22)19-12(20)8-23-14(21)13-10(16)4-3-5-11(13)17/h3-5,9H,6-8H2,1-2H3,(H2,18,19,20,22). The van der Waals surface area contributed by atoms with Gasteiger partial charge in [-0.3, -0.25) is 10.1 Å². The summed E-state index contributed by atoms with van der Waals surface area (Å²) >= 11 is 11.7. The van der Waals surface area contributed by atoms with Crippen molar-refractivity contribution < 1.29 is 19.1 Å². The van der Waals surface area contributed by atoms with Crippen LogP contribution in [0.25, 0.3) is 0 Å². The van der Waals surface area contributed by atoms with Crippen LogP contribution in [0.4, 0.5) is 4.79 Å². The van der Waals surface area contributed by atoms with Gasteiger partial charge in [0.15, 0.2) is 6.61 Å². The molecule has 0 atom stereocenters. The smallest absolute Gasteiger partial charge is 0.341 e. The van der Waals surface area contributed by atoms with Gasteiger partial charge in [0.25, 0.3) is 5.91 Å². The molecule has 0 aliphatic carbocycles. The highest BCUT2D eigenvalue weighted by molar-refractivity contribution is 6.39. The molecule has 0 saturated carbocycles. The Morgan fingerprint density at radius 2 is 1.78 bits per heavy atom. The number of benzene rings is 1. The number of imide groups is 1. The number of esters is 1. The number of hydrogen-bond donors (Lipinski definition) is 2. The molecule has 126 valence electrons. The van der Waals surface area contributed by atoms with Crippen molar-refractivity contribution in [3.05, 3.63) is 33.8 Å². The highest BCUT2D eigenvalue weighted by Gasteiger charge is 2.17. The molecule has 8 heteroatoms. The van der Waals surface area contributed by atoms with Gasteiger partial charge in [0.05, 0.1) is 15.6 Å². The molecule has 0 radical (unpaired) electrons. The molecule has 0 unspecified atom stereocenters. The molecule has 6 nitrogen and oxygen atoms in total. The van der Waals surface area contributed by atoms with Gasteiger partial charge in [-0.2, -0.15) is 0 Å². The van der Waals surface area contributed by atoms with E-state index in [-0.39, 0.29) is 15.6 Å². The first kappa shape index (κ1) is 19.3. The summed E-state index contributed by atoms with van der Waals surface area (Å²) in [6.45, 7) is 3.87. The maximum Gasteiger partial charge on any atom is 0.341 e. The molecular weight excluding hydrogens is 343 g/mol. The van der Waals surface area contributed by atoms with Gasteiger partial charge < -0.3 is 10.1 Å². The molecule has 2 N–H and O–H groups in total. The number of ether oxygens (including phenoxy) is 1. The zero-order valence-corrected chi connectivity index (χ0v) is 14.3. The average Bonchev–Trinajstić information content (AvgIpc) is 2.44. The molecule has 0 aromatic heterocycles. The molecule has 0 aliphatic heterocycles. The predicted octanol–water partition coefficient (Wildman–Crippen LogP) is 3.02. The van der Waals surface area contributed by atoms with E-state index in [2.05, 4.69) is 10.6 Å². The van der Waals surface area contributed by atoms with Gasteiger partial charge in [0.2, 0.25) is 0 Å². The fourth-order valence-corrected chi connectivity index (χ4v) is 2.13. The van der Waals surface area contributed by atoms with Crippen LogP contribution in [0, 0.1) is 5.92 Å². The molecule has 23 heavy (non-hydrogen) atoms. The van der Waals surface area contributed by atoms with Gasteiger partial charge >= 0.3 is 12.0 Å². The van der Waals surface area contributed by atoms with E-state index in [9.17, 15) is 14.4 Å². The minimum atomic E-state index is -0.837. The van der Waals surface area contributed by atoms with Crippen molar-refractivity contribution in [3.8, 4) is 0 Å². The maximum atomic E-state index is 11.9. The second-order valence-electron chi connectivity index (χ2n) is 5.16. The average molecular weight is 361 g/mol. The van der Waals surface area contributed by atoms with Crippen LogP contribution in [0.2, 0.25) is 10.0 Å². The van der Waals surface area contributed by atoms with Crippen molar-refractivity contribution in [1.82, 2.24) is 10.6 Å². The van der Waals surface area contributed by atoms with Crippen LogP contribution >= 0.6 is 23.2 Å². The van der Waals surface area contributed by atoms with Crippen molar-refractivity contribution in [3.63, 3.8) is 0 Å². The van der Waals surface area contributed by atoms with E-state index in [1.807, 2.05) is 13.8 Å². The fourth-order valence-electron chi connectivity index (χ4n) is 1.58. The summed E-state index contributed by atoms with van der Waals surface area (Å²) in [7, 11) is 0. The van der Waals surface area contributed by atoms with Gasteiger partial charge in [0.1, 0.15) is 0 Å². The highest BCUT2D eigenvalue weighted by atomic mass is 35.5. The number of hydrogen-bond acceptors (Lipinski definition) is 4. The van der Waals surface area contributed by atoms with Gasteiger partial charge in [-0.25, -0.2) is 9.59 Å². The van der Waals surface area contributed by atoms with E-state index in [4.69, 9.17) is 27.9 Å². The van der Waals surface area contributed by atoms with E-state index < -0.39 is 24.5 Å². The van der Waals surface area contributed by atoms with Gasteiger partial charge in [-0.05, 0) is 24.5 Å². The zero-order valence-electron chi connectivity index (χ0n) is 12.8. The third-order valence-corrected chi connectivity index (χ3v) is 3.39. The first-order valence-corrected chi connectivity index (χ1v) is 7.75. The maximum absolute atomic E-state index is 11.9. The van der Waals surface area contributed by atoms with Crippen molar-refractivity contribution >= 4 is 41.1 Å². The Balaban J connectivity index is 2.41. The van der Waals surface area contributed by atoms with E-state index >= 15 is 0 Å². The Morgan fingerprint density at radius 3 is 2.35 bits per heavy atom. The summed E-state index contributed by atoms with van der Waals surface area (Å²) in [5, 5.41) is 4.83. The minimum Gasteiger partial charge on any atom is -0.452 e. The molecule has 1 rings (SSSR count). The van der Waals surface area contributed by atoms with Gasteiger partial charge in [0, 0.05) is 6.54 Å². The molecule has 1 aromatic rings. The Kier molecular flexibility index (Phi) is 7.85. The summed E-state index contributed by atoms with van der Waals surface area (Å²) in [4.78, 5) is 34.8. The van der Waals surface area contributed by atoms with Crippen molar-refractivity contribution in [1.29, 1.82) is 0 Å². The third-order valence-electron chi connectivity index (χ3n) is 2.76. The number of urea groups is 1. The molecule has 0 fully saturated rings. The fraction of sp³-hybridized carbons (Fsp3) is 0.400. The molecule has 0 aliphatic rings. The summed E-state index contributed by atoms with van der Waals surface area (Å²) in [5.74, 6) is -1.15. The van der Waals surface area contributed by atoms with E-state index in [0.717, 1.165) is 6.42 Å². The van der Waals surface area contributed by atoms with E-state index in [1.165, 1.54) is 12.1 Å². The monoisotopic (exact) mass is 360 g/mol. The Labute approximate surface area is 144 Å². The molecule has 1 aromatic carbocycles. The number of rotatable bonds is 6. The second kappa shape index (κ2) is 9.37. The first-order valence-electron chi connectivity index (χ1n) is 7.00. The summed E-state index contributed by atoms with van der Waals surface area (Å²) in [6.07, 6.45) is 0.793. The zero-order chi connectivity index (χ0) is 17.4. The molecule has 0 spiro atoms. The van der Waals surface area contributed by atoms with Crippen molar-refractivity contribution in [2.45, 2.75) is 20.3 Å². The predicted molar refractivity (Wildman–Crippen MR) is 87.7 cm³/mol. The Morgan fingerprint density at radius 1 is 1.17 bits per heavy atom. The topological polar surface area (TPSA) is 84.5 Å². The molecule has 0 saturated heterocycles. The van der Waals surface area contributed by atoms with Crippen LogP contribution in [0.5, 0.6) is 0 Å². The Bertz CT molecular complexity index is 571. The molecule has 0 heterocycles. The first-order chi connectivity index (χ1) is 10.8. The third kappa shape index (κ3) is 6.88. The van der Waals surface area contributed by atoms with E-state index in [0.29, 0.717) is 12.5 Å². The highest BCUT2D eigenvalue weighted by Crippen LogP contribution is 2.24. The van der Waals surface area contributed by atoms with Crippen LogP contribution < -0.4 is 10.6 Å². The van der Waals surface area contributed by atoms with Crippen LogP contribution in [0.15, 0.2) is 18.2 Å². The lowest BCUT2D eigenvalue weighted by atomic mass is 10.1. The van der Waals surface area contributed by atoms with E-state index in [1.54, 1.807) is 6.07 Å². The summed E-state index contributed by atoms with van der Waals surface area (Å²) in [5.41, 5.74) is -0.0231. The molecular formula is C15H18Cl2N2O4. The minimum absolute atomic E-state index is 0.0231. The largest absolute Gasteiger partial charge is 0.452 e. The van der Waals surface area contributed by atoms with Gasteiger partial charge in [-0.1, -0.05) is 43.1 Å².